The van der Waals surface area contributed by atoms with Crippen LogP contribution in [0.25, 0.3) is 10.2 Å². The normalized spacial score (nSPS) is 15.6. The van der Waals surface area contributed by atoms with E-state index in [1.54, 1.807) is 11.8 Å². The number of aromatic nitrogens is 2. The molecule has 2 aromatic heterocycles. The Kier molecular flexibility index (Phi) is 4.68. The van der Waals surface area contributed by atoms with Crippen LogP contribution in [0.3, 0.4) is 0 Å². The Morgan fingerprint density at radius 1 is 1.36 bits per heavy atom. The van der Waals surface area contributed by atoms with Crippen LogP contribution >= 0.6 is 23.1 Å². The summed E-state index contributed by atoms with van der Waals surface area (Å²) < 4.78 is 0. The van der Waals surface area contributed by atoms with Crippen LogP contribution in [0.1, 0.15) is 43.0 Å². The van der Waals surface area contributed by atoms with Crippen LogP contribution in [-0.2, 0) is 17.6 Å². The summed E-state index contributed by atoms with van der Waals surface area (Å²) in [6, 6.07) is 0. The van der Waals surface area contributed by atoms with Gasteiger partial charge in [0.1, 0.15) is 15.7 Å². The third-order valence-corrected chi connectivity index (χ3v) is 6.17. The number of amides is 1. The second-order valence-corrected chi connectivity index (χ2v) is 8.03. The Hall–Kier alpha value is -1.14. The number of hydrogen-bond acceptors (Lipinski definition) is 5. The van der Waals surface area contributed by atoms with Gasteiger partial charge in [-0.2, -0.15) is 0 Å². The fourth-order valence-electron chi connectivity index (χ4n) is 2.85. The molecule has 1 amide bonds. The molecule has 0 saturated heterocycles. The smallest absolute Gasteiger partial charge is 0.233 e. The van der Waals surface area contributed by atoms with E-state index in [0.717, 1.165) is 28.5 Å². The predicted octanol–water partition coefficient (Wildman–Crippen LogP) is 3.50. The number of aryl methyl sites for hydroxylation is 3. The van der Waals surface area contributed by atoms with E-state index in [-0.39, 0.29) is 11.2 Å². The maximum absolute atomic E-state index is 12.0. The summed E-state index contributed by atoms with van der Waals surface area (Å²) in [5, 5.41) is 4.91. The Balaban J connectivity index is 2.01. The third-order valence-electron chi connectivity index (χ3n) is 3.90. The van der Waals surface area contributed by atoms with Gasteiger partial charge in [0.05, 0.1) is 5.25 Å². The molecule has 0 radical (unpaired) electrons. The van der Waals surface area contributed by atoms with Crippen LogP contribution in [0, 0.1) is 6.92 Å². The van der Waals surface area contributed by atoms with Gasteiger partial charge in [-0.25, -0.2) is 9.97 Å². The van der Waals surface area contributed by atoms with Crippen molar-refractivity contribution >= 4 is 39.2 Å². The average Bonchev–Trinajstić information content (AvgIpc) is 2.85. The van der Waals surface area contributed by atoms with Crippen LogP contribution < -0.4 is 5.32 Å². The summed E-state index contributed by atoms with van der Waals surface area (Å²) in [7, 11) is 0. The summed E-state index contributed by atoms with van der Waals surface area (Å²) in [4.78, 5) is 23.8. The molecular formula is C16H21N3OS2. The molecule has 1 aliphatic carbocycles. The minimum Gasteiger partial charge on any atom is -0.355 e. The molecule has 0 aliphatic heterocycles. The first-order valence-corrected chi connectivity index (χ1v) is 9.53. The molecule has 3 rings (SSSR count). The van der Waals surface area contributed by atoms with Crippen molar-refractivity contribution in [3.8, 4) is 0 Å². The number of carbonyl (C=O) groups excluding carboxylic acids is 1. The van der Waals surface area contributed by atoms with Crippen LogP contribution in [0.4, 0.5) is 0 Å². The Morgan fingerprint density at radius 3 is 2.91 bits per heavy atom. The molecule has 0 aromatic carbocycles. The maximum atomic E-state index is 12.0. The Labute approximate surface area is 139 Å². The van der Waals surface area contributed by atoms with Gasteiger partial charge in [0, 0.05) is 16.8 Å². The van der Waals surface area contributed by atoms with Gasteiger partial charge in [-0.05, 0) is 52.0 Å². The fourth-order valence-corrected chi connectivity index (χ4v) is 5.27. The molecule has 22 heavy (non-hydrogen) atoms. The van der Waals surface area contributed by atoms with Crippen molar-refractivity contribution in [3.63, 3.8) is 0 Å². The standard InChI is InChI=1S/C16H21N3OS2/c1-4-17-14(20)9(2)21-15-13-11-7-5-6-8-12(11)22-16(13)19-10(3)18-15/h9H,4-8H2,1-3H3,(H,17,20)/t9-/m0/s1. The number of hydrogen-bond donors (Lipinski definition) is 1. The minimum atomic E-state index is -0.142. The van der Waals surface area contributed by atoms with E-state index in [4.69, 9.17) is 0 Å². The number of thioether (sulfide) groups is 1. The molecule has 2 heterocycles. The van der Waals surface area contributed by atoms with Gasteiger partial charge in [-0.1, -0.05) is 11.8 Å². The lowest BCUT2D eigenvalue weighted by atomic mass is 9.97. The molecule has 0 fully saturated rings. The molecule has 0 saturated carbocycles. The van der Waals surface area contributed by atoms with Gasteiger partial charge < -0.3 is 5.32 Å². The van der Waals surface area contributed by atoms with Crippen molar-refractivity contribution in [2.45, 2.75) is 56.7 Å². The van der Waals surface area contributed by atoms with Gasteiger partial charge in [-0.15, -0.1) is 11.3 Å². The summed E-state index contributed by atoms with van der Waals surface area (Å²) in [6.07, 6.45) is 4.78. The molecule has 0 spiro atoms. The van der Waals surface area contributed by atoms with Gasteiger partial charge >= 0.3 is 0 Å². The molecule has 0 unspecified atom stereocenters. The van der Waals surface area contributed by atoms with E-state index >= 15 is 0 Å². The first kappa shape index (κ1) is 15.7. The van der Waals surface area contributed by atoms with Crippen molar-refractivity contribution in [2.24, 2.45) is 0 Å². The number of fused-ring (bicyclic) bond motifs is 3. The molecule has 4 nitrogen and oxygen atoms in total. The minimum absolute atomic E-state index is 0.0704. The average molecular weight is 335 g/mol. The van der Waals surface area contributed by atoms with Crippen molar-refractivity contribution in [1.82, 2.24) is 15.3 Å². The number of nitrogens with zero attached hydrogens (tertiary/aromatic N) is 2. The number of rotatable bonds is 4. The SMILES string of the molecule is CCNC(=O)[C@H](C)Sc1nc(C)nc2sc3c(c12)CCCC3. The highest BCUT2D eigenvalue weighted by molar-refractivity contribution is 8.00. The highest BCUT2D eigenvalue weighted by atomic mass is 32.2. The van der Waals surface area contributed by atoms with Crippen LogP contribution in [0.15, 0.2) is 5.03 Å². The number of thiophene rings is 1. The van der Waals surface area contributed by atoms with E-state index in [0.29, 0.717) is 6.54 Å². The van der Waals surface area contributed by atoms with Crippen molar-refractivity contribution in [2.75, 3.05) is 6.54 Å². The summed E-state index contributed by atoms with van der Waals surface area (Å²) in [5.74, 6) is 0.859. The van der Waals surface area contributed by atoms with Gasteiger partial charge in [0.2, 0.25) is 5.91 Å². The molecule has 2 aromatic rings. The molecule has 1 N–H and O–H groups in total. The van der Waals surface area contributed by atoms with Gasteiger partial charge in [-0.3, -0.25) is 4.79 Å². The molecule has 1 aliphatic rings. The first-order chi connectivity index (χ1) is 10.6. The van der Waals surface area contributed by atoms with Crippen molar-refractivity contribution in [1.29, 1.82) is 0 Å². The highest BCUT2D eigenvalue weighted by Gasteiger charge is 2.23. The third kappa shape index (κ3) is 2.99. The lowest BCUT2D eigenvalue weighted by molar-refractivity contribution is -0.120. The predicted molar refractivity (Wildman–Crippen MR) is 92.8 cm³/mol. The molecule has 6 heteroatoms. The summed E-state index contributed by atoms with van der Waals surface area (Å²) in [6.45, 7) is 6.48. The topological polar surface area (TPSA) is 54.9 Å². The molecular weight excluding hydrogens is 314 g/mol. The molecule has 0 bridgehead atoms. The molecule has 118 valence electrons. The number of carbonyl (C=O) groups is 1. The fraction of sp³-hybridized carbons (Fsp3) is 0.562. The van der Waals surface area contributed by atoms with Crippen LogP contribution in [-0.4, -0.2) is 27.7 Å². The summed E-state index contributed by atoms with van der Waals surface area (Å²) >= 11 is 3.37. The van der Waals surface area contributed by atoms with E-state index in [2.05, 4.69) is 15.3 Å². The van der Waals surface area contributed by atoms with Gasteiger partial charge in [0.15, 0.2) is 0 Å². The second kappa shape index (κ2) is 6.54. The highest BCUT2D eigenvalue weighted by Crippen LogP contribution is 2.40. The lowest BCUT2D eigenvalue weighted by Crippen LogP contribution is -2.30. The maximum Gasteiger partial charge on any atom is 0.233 e. The monoisotopic (exact) mass is 335 g/mol. The molecule has 1 atom stereocenters. The first-order valence-electron chi connectivity index (χ1n) is 7.83. The van der Waals surface area contributed by atoms with E-state index in [1.165, 1.54) is 28.7 Å². The van der Waals surface area contributed by atoms with Crippen molar-refractivity contribution in [3.05, 3.63) is 16.3 Å². The van der Waals surface area contributed by atoms with Crippen LogP contribution in [0.5, 0.6) is 0 Å². The zero-order chi connectivity index (χ0) is 15.7. The quantitative estimate of drug-likeness (QED) is 0.686. The Bertz CT molecular complexity index is 711. The van der Waals surface area contributed by atoms with Gasteiger partial charge in [0.25, 0.3) is 0 Å². The number of nitrogens with one attached hydrogen (secondary N) is 1. The van der Waals surface area contributed by atoms with E-state index in [1.807, 2.05) is 32.1 Å². The summed E-state index contributed by atoms with van der Waals surface area (Å²) in [5.41, 5.74) is 1.43. The largest absolute Gasteiger partial charge is 0.355 e. The van der Waals surface area contributed by atoms with Crippen LogP contribution in [0.2, 0.25) is 0 Å². The van der Waals surface area contributed by atoms with Crippen molar-refractivity contribution < 1.29 is 4.79 Å². The van der Waals surface area contributed by atoms with E-state index < -0.39 is 0 Å². The second-order valence-electron chi connectivity index (χ2n) is 5.62. The Morgan fingerprint density at radius 2 is 2.14 bits per heavy atom. The zero-order valence-electron chi connectivity index (χ0n) is 13.2. The zero-order valence-corrected chi connectivity index (χ0v) is 14.9. The van der Waals surface area contributed by atoms with E-state index in [9.17, 15) is 4.79 Å². The lowest BCUT2D eigenvalue weighted by Gasteiger charge is -2.14.